The molecule has 0 aromatic heterocycles. The van der Waals surface area contributed by atoms with E-state index in [-0.39, 0.29) is 11.4 Å². The molecule has 22 heavy (non-hydrogen) atoms. The molecule has 0 fully saturated rings. The molecule has 2 aromatic carbocycles. The lowest BCUT2D eigenvalue weighted by Crippen LogP contribution is -2.08. The van der Waals surface area contributed by atoms with Crippen molar-refractivity contribution in [3.05, 3.63) is 53.4 Å². The van der Waals surface area contributed by atoms with Gasteiger partial charge in [-0.15, -0.1) is 0 Å². The summed E-state index contributed by atoms with van der Waals surface area (Å²) in [5, 5.41) is 2.30. The summed E-state index contributed by atoms with van der Waals surface area (Å²) >= 11 is 0. The molecule has 8 heteroatoms. The number of para-hydroxylation sites is 2. The van der Waals surface area contributed by atoms with Gasteiger partial charge in [-0.1, -0.05) is 12.1 Å². The van der Waals surface area contributed by atoms with Gasteiger partial charge >= 0.3 is 0 Å². The van der Waals surface area contributed by atoms with Gasteiger partial charge in [0.25, 0.3) is 0 Å². The van der Waals surface area contributed by atoms with E-state index >= 15 is 0 Å². The Balaban J connectivity index is 2.51. The smallest absolute Gasteiger partial charge is 0.221 e. The van der Waals surface area contributed by atoms with E-state index in [4.69, 9.17) is 4.74 Å². The SMILES string of the molecule is CC(=O)Nc1ccccc1Oc1c(F)c(F)c(F)c(F)c1F. The summed E-state index contributed by atoms with van der Waals surface area (Å²) in [6.45, 7) is 1.18. The van der Waals surface area contributed by atoms with Crippen molar-refractivity contribution in [2.75, 3.05) is 5.32 Å². The molecule has 3 nitrogen and oxygen atoms in total. The largest absolute Gasteiger partial charge is 0.449 e. The van der Waals surface area contributed by atoms with Crippen LogP contribution in [0.15, 0.2) is 24.3 Å². The van der Waals surface area contributed by atoms with E-state index < -0.39 is 40.7 Å². The molecule has 0 aliphatic rings. The van der Waals surface area contributed by atoms with Crippen LogP contribution in [0.1, 0.15) is 6.92 Å². The maximum atomic E-state index is 13.5. The van der Waals surface area contributed by atoms with E-state index in [1.807, 2.05) is 0 Å². The lowest BCUT2D eigenvalue weighted by Gasteiger charge is -2.13. The number of carbonyl (C=O) groups is 1. The predicted molar refractivity (Wildman–Crippen MR) is 67.1 cm³/mol. The maximum Gasteiger partial charge on any atom is 0.221 e. The zero-order valence-electron chi connectivity index (χ0n) is 11.0. The van der Waals surface area contributed by atoms with Crippen LogP contribution in [0.5, 0.6) is 11.5 Å². The highest BCUT2D eigenvalue weighted by molar-refractivity contribution is 5.90. The Kier molecular flexibility index (Phi) is 4.30. The molecule has 2 aromatic rings. The van der Waals surface area contributed by atoms with Crippen LogP contribution in [0.2, 0.25) is 0 Å². The number of halogens is 5. The molecule has 0 spiro atoms. The molecule has 0 atom stereocenters. The second-order valence-corrected chi connectivity index (χ2v) is 4.18. The van der Waals surface area contributed by atoms with Gasteiger partial charge in [-0.05, 0) is 12.1 Å². The average molecular weight is 317 g/mol. The van der Waals surface area contributed by atoms with Crippen LogP contribution in [0.25, 0.3) is 0 Å². The van der Waals surface area contributed by atoms with Crippen molar-refractivity contribution in [3.8, 4) is 11.5 Å². The third-order valence-electron chi connectivity index (χ3n) is 2.58. The van der Waals surface area contributed by atoms with Gasteiger partial charge in [-0.2, -0.15) is 8.78 Å². The minimum Gasteiger partial charge on any atom is -0.449 e. The zero-order valence-corrected chi connectivity index (χ0v) is 11.0. The van der Waals surface area contributed by atoms with Gasteiger partial charge in [0, 0.05) is 6.92 Å². The van der Waals surface area contributed by atoms with E-state index in [0.717, 1.165) is 0 Å². The molecule has 1 amide bonds. The first-order valence-electron chi connectivity index (χ1n) is 5.88. The fraction of sp³-hybridized carbons (Fsp3) is 0.0714. The lowest BCUT2D eigenvalue weighted by atomic mass is 10.2. The van der Waals surface area contributed by atoms with Gasteiger partial charge in [0.1, 0.15) is 0 Å². The number of hydrogen-bond donors (Lipinski definition) is 1. The summed E-state index contributed by atoms with van der Waals surface area (Å²) in [5.41, 5.74) is 0.0129. The molecule has 0 unspecified atom stereocenters. The van der Waals surface area contributed by atoms with Crippen LogP contribution in [-0.4, -0.2) is 5.91 Å². The molecular weight excluding hydrogens is 309 g/mol. The average Bonchev–Trinajstić information content (AvgIpc) is 2.48. The van der Waals surface area contributed by atoms with Crippen molar-refractivity contribution >= 4 is 11.6 Å². The summed E-state index contributed by atoms with van der Waals surface area (Å²) in [6, 6.07) is 5.41. The molecule has 0 saturated heterocycles. The summed E-state index contributed by atoms with van der Waals surface area (Å²) in [4.78, 5) is 11.0. The van der Waals surface area contributed by atoms with Crippen molar-refractivity contribution in [1.29, 1.82) is 0 Å². The van der Waals surface area contributed by atoms with Crippen LogP contribution < -0.4 is 10.1 Å². The summed E-state index contributed by atoms with van der Waals surface area (Å²) < 4.78 is 71.0. The minimum atomic E-state index is -2.28. The number of nitrogens with one attached hydrogen (secondary N) is 1. The molecule has 0 saturated carbocycles. The van der Waals surface area contributed by atoms with Gasteiger partial charge in [0.2, 0.25) is 40.7 Å². The van der Waals surface area contributed by atoms with E-state index in [2.05, 4.69) is 5.32 Å². The molecule has 2 rings (SSSR count). The molecule has 0 aliphatic heterocycles. The number of hydrogen-bond acceptors (Lipinski definition) is 2. The summed E-state index contributed by atoms with van der Waals surface area (Å²) in [6.07, 6.45) is 0. The highest BCUT2D eigenvalue weighted by Crippen LogP contribution is 2.35. The molecule has 0 radical (unpaired) electrons. The minimum absolute atomic E-state index is 0.0129. The Bertz CT molecular complexity index is 719. The highest BCUT2D eigenvalue weighted by Gasteiger charge is 2.27. The van der Waals surface area contributed by atoms with Crippen molar-refractivity contribution in [3.63, 3.8) is 0 Å². The van der Waals surface area contributed by atoms with Gasteiger partial charge in [0.15, 0.2) is 5.75 Å². The molecule has 0 bridgehead atoms. The number of ether oxygens (including phenoxy) is 1. The van der Waals surface area contributed by atoms with Crippen molar-refractivity contribution in [2.45, 2.75) is 6.92 Å². The number of carbonyl (C=O) groups excluding carboxylic acids is 1. The molecular formula is C14H8F5NO2. The number of amides is 1. The maximum absolute atomic E-state index is 13.5. The summed E-state index contributed by atoms with van der Waals surface area (Å²) in [5.74, 6) is -13.0. The van der Waals surface area contributed by atoms with Gasteiger partial charge < -0.3 is 10.1 Å². The standard InChI is InChI=1S/C14H8F5NO2/c1-6(21)20-7-4-2-3-5-8(7)22-14-12(18)10(16)9(15)11(17)13(14)19/h2-5H,1H3,(H,20,21). The number of rotatable bonds is 3. The second-order valence-electron chi connectivity index (χ2n) is 4.18. The van der Waals surface area contributed by atoms with Crippen molar-refractivity contribution < 1.29 is 31.5 Å². The third-order valence-corrected chi connectivity index (χ3v) is 2.58. The predicted octanol–water partition coefficient (Wildman–Crippen LogP) is 4.13. The quantitative estimate of drug-likeness (QED) is 0.525. The Hall–Kier alpha value is -2.64. The van der Waals surface area contributed by atoms with Crippen molar-refractivity contribution in [1.82, 2.24) is 0 Å². The van der Waals surface area contributed by atoms with E-state index in [1.165, 1.54) is 31.2 Å². The normalized spacial score (nSPS) is 10.5. The number of anilines is 1. The molecule has 116 valence electrons. The monoisotopic (exact) mass is 317 g/mol. The fourth-order valence-electron chi connectivity index (χ4n) is 1.63. The molecule has 0 aliphatic carbocycles. The highest BCUT2D eigenvalue weighted by atomic mass is 19.2. The number of benzene rings is 2. The molecule has 0 heterocycles. The topological polar surface area (TPSA) is 38.3 Å². The Morgan fingerprint density at radius 2 is 1.41 bits per heavy atom. The summed E-state index contributed by atoms with van der Waals surface area (Å²) in [7, 11) is 0. The lowest BCUT2D eigenvalue weighted by molar-refractivity contribution is -0.114. The van der Waals surface area contributed by atoms with E-state index in [9.17, 15) is 26.7 Å². The molecule has 1 N–H and O–H groups in total. The first-order chi connectivity index (χ1) is 10.3. The first kappa shape index (κ1) is 15.7. The zero-order chi connectivity index (χ0) is 16.4. The van der Waals surface area contributed by atoms with Crippen LogP contribution in [0.3, 0.4) is 0 Å². The van der Waals surface area contributed by atoms with Crippen LogP contribution in [0, 0.1) is 29.1 Å². The Morgan fingerprint density at radius 3 is 1.95 bits per heavy atom. The van der Waals surface area contributed by atoms with E-state index in [1.54, 1.807) is 0 Å². The fourth-order valence-corrected chi connectivity index (χ4v) is 1.63. The van der Waals surface area contributed by atoms with Crippen LogP contribution in [0.4, 0.5) is 27.6 Å². The van der Waals surface area contributed by atoms with Crippen molar-refractivity contribution in [2.24, 2.45) is 0 Å². The van der Waals surface area contributed by atoms with Gasteiger partial charge in [-0.3, -0.25) is 4.79 Å². The van der Waals surface area contributed by atoms with E-state index in [0.29, 0.717) is 0 Å². The Morgan fingerprint density at radius 1 is 0.909 bits per heavy atom. The first-order valence-corrected chi connectivity index (χ1v) is 5.88. The van der Waals surface area contributed by atoms with Crippen LogP contribution >= 0.6 is 0 Å². The second kappa shape index (κ2) is 6.00. The third kappa shape index (κ3) is 2.85. The van der Waals surface area contributed by atoms with Gasteiger partial charge in [-0.25, -0.2) is 13.2 Å². The Labute approximate surface area is 121 Å². The van der Waals surface area contributed by atoms with Crippen LogP contribution in [-0.2, 0) is 4.79 Å². The van der Waals surface area contributed by atoms with Gasteiger partial charge in [0.05, 0.1) is 5.69 Å².